The second-order valence-electron chi connectivity index (χ2n) is 5.07. The molecule has 5 nitrogen and oxygen atoms in total. The van der Waals surface area contributed by atoms with E-state index in [0.29, 0.717) is 17.7 Å². The molecule has 18 heavy (non-hydrogen) atoms. The predicted molar refractivity (Wildman–Crippen MR) is 66.5 cm³/mol. The number of carbonyl (C=O) groups excluding carboxylic acids is 1. The van der Waals surface area contributed by atoms with Gasteiger partial charge in [-0.1, -0.05) is 6.92 Å². The Hall–Kier alpha value is -1.78. The Balaban J connectivity index is 3.07. The predicted octanol–water partition coefficient (Wildman–Crippen LogP) is 2.17. The first-order valence-corrected chi connectivity index (χ1v) is 5.87. The molecular formula is C13H19NO4. The Labute approximate surface area is 106 Å². The van der Waals surface area contributed by atoms with E-state index >= 15 is 0 Å². The molecule has 0 saturated carbocycles. The Kier molecular flexibility index (Phi) is 4.16. The normalized spacial score (nSPS) is 11.3. The number of carbonyl (C=O) groups is 2. The van der Waals surface area contributed by atoms with Crippen molar-refractivity contribution in [2.24, 2.45) is 0 Å². The summed E-state index contributed by atoms with van der Waals surface area (Å²) in [6, 6.07) is 1.59. The molecule has 0 radical (unpaired) electrons. The molecule has 0 atom stereocenters. The molecule has 1 N–H and O–H groups in total. The van der Waals surface area contributed by atoms with E-state index in [9.17, 15) is 9.59 Å². The first-order chi connectivity index (χ1) is 8.27. The van der Waals surface area contributed by atoms with E-state index < -0.39 is 11.5 Å². The lowest BCUT2D eigenvalue weighted by molar-refractivity contribution is -0.138. The van der Waals surface area contributed by atoms with Crippen LogP contribution >= 0.6 is 0 Å². The van der Waals surface area contributed by atoms with Gasteiger partial charge in [-0.3, -0.25) is 9.59 Å². The largest absolute Gasteiger partial charge is 0.480 e. The van der Waals surface area contributed by atoms with Gasteiger partial charge in [0.2, 0.25) is 0 Å². The van der Waals surface area contributed by atoms with Gasteiger partial charge in [-0.25, -0.2) is 0 Å². The summed E-state index contributed by atoms with van der Waals surface area (Å²) in [6.07, 6.45) is 2.05. The number of carboxylic acids is 1. The van der Waals surface area contributed by atoms with Crippen molar-refractivity contribution in [1.82, 2.24) is 4.90 Å². The van der Waals surface area contributed by atoms with Crippen LogP contribution in [0.5, 0.6) is 0 Å². The average Bonchev–Trinajstić information content (AvgIpc) is 2.71. The van der Waals surface area contributed by atoms with Crippen LogP contribution in [0.15, 0.2) is 16.7 Å². The van der Waals surface area contributed by atoms with Crippen molar-refractivity contribution in [2.45, 2.75) is 39.7 Å². The number of rotatable bonds is 4. The minimum absolute atomic E-state index is 0.310. The first-order valence-electron chi connectivity index (χ1n) is 5.87. The number of aryl methyl sites for hydroxylation is 1. The van der Waals surface area contributed by atoms with Crippen LogP contribution in [-0.4, -0.2) is 34.0 Å². The molecule has 0 aliphatic rings. The highest BCUT2D eigenvalue weighted by atomic mass is 16.4. The average molecular weight is 253 g/mol. The summed E-state index contributed by atoms with van der Waals surface area (Å²) in [5.41, 5.74) is -0.119. The highest BCUT2D eigenvalue weighted by molar-refractivity contribution is 5.97. The summed E-state index contributed by atoms with van der Waals surface area (Å²) in [4.78, 5) is 24.6. The topological polar surface area (TPSA) is 70.8 Å². The maximum absolute atomic E-state index is 12.4. The lowest BCUT2D eigenvalue weighted by Gasteiger charge is -2.34. The van der Waals surface area contributed by atoms with Crippen molar-refractivity contribution in [3.8, 4) is 0 Å². The molecule has 1 rings (SSSR count). The van der Waals surface area contributed by atoms with Crippen molar-refractivity contribution in [1.29, 1.82) is 0 Å². The Morgan fingerprint density at radius 1 is 1.39 bits per heavy atom. The van der Waals surface area contributed by atoms with Crippen LogP contribution in [0.3, 0.4) is 0 Å². The fourth-order valence-electron chi connectivity index (χ4n) is 1.70. The smallest absolute Gasteiger partial charge is 0.323 e. The van der Waals surface area contributed by atoms with E-state index in [4.69, 9.17) is 9.52 Å². The second-order valence-corrected chi connectivity index (χ2v) is 5.07. The van der Waals surface area contributed by atoms with Crippen LogP contribution in [0.1, 0.15) is 43.8 Å². The molecule has 0 aliphatic heterocycles. The Bertz CT molecular complexity index is 442. The summed E-state index contributed by atoms with van der Waals surface area (Å²) in [5.74, 6) is -0.755. The maximum Gasteiger partial charge on any atom is 0.323 e. The fourth-order valence-corrected chi connectivity index (χ4v) is 1.70. The molecule has 5 heteroatoms. The van der Waals surface area contributed by atoms with E-state index in [1.54, 1.807) is 26.8 Å². The van der Waals surface area contributed by atoms with E-state index in [1.807, 2.05) is 6.92 Å². The molecule has 0 unspecified atom stereocenters. The molecule has 1 aromatic rings. The maximum atomic E-state index is 12.4. The molecular weight excluding hydrogens is 234 g/mol. The van der Waals surface area contributed by atoms with Crippen LogP contribution in [0.2, 0.25) is 0 Å². The number of amides is 1. The lowest BCUT2D eigenvalue weighted by atomic mass is 10.0. The molecule has 1 amide bonds. The Morgan fingerprint density at radius 2 is 2.00 bits per heavy atom. The number of carboxylic acid groups (broad SMARTS) is 1. The minimum atomic E-state index is -1.03. The van der Waals surface area contributed by atoms with Gasteiger partial charge in [-0.05, 0) is 26.8 Å². The summed E-state index contributed by atoms with van der Waals surface area (Å²) < 4.78 is 5.21. The highest BCUT2D eigenvalue weighted by Gasteiger charge is 2.30. The van der Waals surface area contributed by atoms with E-state index in [0.717, 1.165) is 0 Å². The van der Waals surface area contributed by atoms with Gasteiger partial charge >= 0.3 is 5.97 Å². The molecule has 1 aromatic heterocycles. The van der Waals surface area contributed by atoms with Gasteiger partial charge in [0.15, 0.2) is 0 Å². The van der Waals surface area contributed by atoms with Gasteiger partial charge in [0.1, 0.15) is 12.3 Å². The summed E-state index contributed by atoms with van der Waals surface area (Å²) in [7, 11) is 0. The molecule has 0 aliphatic carbocycles. The molecule has 0 saturated heterocycles. The zero-order chi connectivity index (χ0) is 13.9. The van der Waals surface area contributed by atoms with Gasteiger partial charge in [0, 0.05) is 12.0 Å². The third-order valence-corrected chi connectivity index (χ3v) is 2.65. The summed E-state index contributed by atoms with van der Waals surface area (Å²) in [6.45, 7) is 6.98. The van der Waals surface area contributed by atoms with Crippen molar-refractivity contribution < 1.29 is 19.1 Å². The molecule has 0 aromatic carbocycles. The third-order valence-electron chi connectivity index (χ3n) is 2.65. The zero-order valence-corrected chi connectivity index (χ0v) is 11.2. The minimum Gasteiger partial charge on any atom is -0.480 e. The molecule has 0 bridgehead atoms. The van der Waals surface area contributed by atoms with Gasteiger partial charge in [0.05, 0.1) is 11.8 Å². The van der Waals surface area contributed by atoms with Crippen LogP contribution in [0.4, 0.5) is 0 Å². The summed E-state index contributed by atoms with van der Waals surface area (Å²) in [5, 5.41) is 8.90. The van der Waals surface area contributed by atoms with Crippen molar-refractivity contribution in [3.63, 3.8) is 0 Å². The third kappa shape index (κ3) is 3.12. The van der Waals surface area contributed by atoms with Gasteiger partial charge in [0.25, 0.3) is 5.91 Å². The van der Waals surface area contributed by atoms with Crippen molar-refractivity contribution in [3.05, 3.63) is 23.7 Å². The summed E-state index contributed by atoms with van der Waals surface area (Å²) >= 11 is 0. The molecule has 0 spiro atoms. The SMILES string of the molecule is CCc1occc1C(=O)N(CC(=O)O)C(C)(C)C. The van der Waals surface area contributed by atoms with Gasteiger partial charge in [-0.15, -0.1) is 0 Å². The first kappa shape index (κ1) is 14.3. The standard InChI is InChI=1S/C13H19NO4/c1-5-10-9(6-7-18-10)12(17)14(8-11(15)16)13(2,3)4/h6-7H,5,8H2,1-4H3,(H,15,16). The Morgan fingerprint density at radius 3 is 2.44 bits per heavy atom. The number of hydrogen-bond donors (Lipinski definition) is 1. The van der Waals surface area contributed by atoms with Crippen LogP contribution in [0, 0.1) is 0 Å². The molecule has 100 valence electrons. The monoisotopic (exact) mass is 253 g/mol. The van der Waals surface area contributed by atoms with E-state index in [-0.39, 0.29) is 12.5 Å². The van der Waals surface area contributed by atoms with Crippen LogP contribution < -0.4 is 0 Å². The van der Waals surface area contributed by atoms with Crippen molar-refractivity contribution in [2.75, 3.05) is 6.54 Å². The number of nitrogens with zero attached hydrogens (tertiary/aromatic N) is 1. The van der Waals surface area contributed by atoms with Gasteiger partial charge < -0.3 is 14.4 Å². The van der Waals surface area contributed by atoms with E-state index in [2.05, 4.69) is 0 Å². The molecule has 1 heterocycles. The fraction of sp³-hybridized carbons (Fsp3) is 0.538. The number of aliphatic carboxylic acids is 1. The highest BCUT2D eigenvalue weighted by Crippen LogP contribution is 2.20. The second kappa shape index (κ2) is 5.25. The quantitative estimate of drug-likeness (QED) is 0.892. The lowest BCUT2D eigenvalue weighted by Crippen LogP contribution is -2.48. The zero-order valence-electron chi connectivity index (χ0n) is 11.2. The van der Waals surface area contributed by atoms with Crippen LogP contribution in [0.25, 0.3) is 0 Å². The van der Waals surface area contributed by atoms with Crippen LogP contribution in [-0.2, 0) is 11.2 Å². The van der Waals surface area contributed by atoms with Crippen molar-refractivity contribution >= 4 is 11.9 Å². The van der Waals surface area contributed by atoms with E-state index in [1.165, 1.54) is 11.2 Å². The van der Waals surface area contributed by atoms with Gasteiger partial charge in [-0.2, -0.15) is 0 Å². The molecule has 0 fully saturated rings. The number of furan rings is 1. The number of hydrogen-bond acceptors (Lipinski definition) is 3.